The van der Waals surface area contributed by atoms with Crippen LogP contribution in [0, 0.1) is 0 Å². The maximum Gasteiger partial charge on any atom is 0.188 e. The zero-order valence-electron chi connectivity index (χ0n) is 18.1. The van der Waals surface area contributed by atoms with Crippen LogP contribution >= 0.6 is 8.58 Å². The highest BCUT2D eigenvalue weighted by molar-refractivity contribution is 7.48. The molecule has 2 rings (SSSR count). The third-order valence-electron chi connectivity index (χ3n) is 5.42. The highest BCUT2D eigenvalue weighted by Gasteiger charge is 2.33. The van der Waals surface area contributed by atoms with Gasteiger partial charge in [-0.25, -0.2) is 0 Å². The Morgan fingerprint density at radius 1 is 0.964 bits per heavy atom. The van der Waals surface area contributed by atoms with E-state index in [-0.39, 0.29) is 11.9 Å². The molecule has 0 aromatic heterocycles. The summed E-state index contributed by atoms with van der Waals surface area (Å²) in [5.74, 6) is 1.04. The molecule has 0 aliphatic carbocycles. The van der Waals surface area contributed by atoms with Crippen molar-refractivity contribution in [1.82, 2.24) is 5.32 Å². The lowest BCUT2D eigenvalue weighted by atomic mass is 9.89. The van der Waals surface area contributed by atoms with E-state index in [4.69, 9.17) is 9.47 Å². The molecule has 0 aliphatic heterocycles. The van der Waals surface area contributed by atoms with Crippen LogP contribution < -0.4 is 15.4 Å². The molecule has 0 saturated heterocycles. The molecule has 3 nitrogen and oxygen atoms in total. The lowest BCUT2D eigenvalue weighted by Gasteiger charge is -2.35. The Morgan fingerprint density at radius 2 is 1.68 bits per heavy atom. The summed E-state index contributed by atoms with van der Waals surface area (Å²) in [7, 11) is 4.39. The molecule has 0 saturated carbocycles. The number of ether oxygens (including phenoxy) is 2. The van der Waals surface area contributed by atoms with Gasteiger partial charge in [0.1, 0.15) is 5.75 Å². The Balaban J connectivity index is 2.54. The van der Waals surface area contributed by atoms with Crippen molar-refractivity contribution in [3.63, 3.8) is 0 Å². The quantitative estimate of drug-likeness (QED) is 0.384. The number of aryl methyl sites for hydroxylation is 1. The van der Waals surface area contributed by atoms with E-state index in [9.17, 15) is 0 Å². The average molecular weight is 402 g/mol. The van der Waals surface area contributed by atoms with Crippen molar-refractivity contribution in [2.24, 2.45) is 0 Å². The van der Waals surface area contributed by atoms with Gasteiger partial charge in [0.15, 0.2) is 6.79 Å². The van der Waals surface area contributed by atoms with Crippen molar-refractivity contribution < 1.29 is 9.47 Å². The van der Waals surface area contributed by atoms with Crippen molar-refractivity contribution in [1.29, 1.82) is 0 Å². The molecule has 0 aliphatic rings. The van der Waals surface area contributed by atoms with E-state index >= 15 is 0 Å². The van der Waals surface area contributed by atoms with Crippen LogP contribution in [0.5, 0.6) is 5.75 Å². The van der Waals surface area contributed by atoms with Gasteiger partial charge >= 0.3 is 0 Å². The van der Waals surface area contributed by atoms with Gasteiger partial charge < -0.3 is 14.8 Å². The second-order valence-corrected chi connectivity index (χ2v) is 8.94. The van der Waals surface area contributed by atoms with E-state index in [1.165, 1.54) is 22.0 Å². The molecule has 0 fully saturated rings. The number of hydrogen-bond acceptors (Lipinski definition) is 3. The molecule has 4 heteroatoms. The SMILES string of the molecule is CCCc1cccc(C(CC)(CC)Pc2ccccc2CNC)c1OCOC. The van der Waals surface area contributed by atoms with Gasteiger partial charge in [0, 0.05) is 24.4 Å². The highest BCUT2D eigenvalue weighted by atomic mass is 31.1. The van der Waals surface area contributed by atoms with E-state index in [0.717, 1.165) is 38.0 Å². The molecular formula is C24H36NO2P. The van der Waals surface area contributed by atoms with E-state index in [1.807, 2.05) is 7.05 Å². The van der Waals surface area contributed by atoms with Crippen molar-refractivity contribution in [3.8, 4) is 5.75 Å². The molecule has 2 aromatic rings. The van der Waals surface area contributed by atoms with Crippen LogP contribution in [0.3, 0.4) is 0 Å². The maximum atomic E-state index is 6.17. The van der Waals surface area contributed by atoms with Crippen molar-refractivity contribution in [2.75, 3.05) is 21.0 Å². The van der Waals surface area contributed by atoms with Crippen LogP contribution in [0.1, 0.15) is 56.7 Å². The van der Waals surface area contributed by atoms with Gasteiger partial charge in [0.25, 0.3) is 0 Å². The molecule has 0 spiro atoms. The summed E-state index contributed by atoms with van der Waals surface area (Å²) in [6.07, 6.45) is 4.28. The molecule has 0 bridgehead atoms. The van der Waals surface area contributed by atoms with Crippen molar-refractivity contribution in [2.45, 2.75) is 58.2 Å². The second kappa shape index (κ2) is 11.6. The summed E-state index contributed by atoms with van der Waals surface area (Å²) in [4.78, 5) is 0. The van der Waals surface area contributed by atoms with Crippen LogP contribution in [-0.2, 0) is 22.9 Å². The zero-order chi connectivity index (χ0) is 20.4. The van der Waals surface area contributed by atoms with E-state index in [1.54, 1.807) is 7.11 Å². The summed E-state index contributed by atoms with van der Waals surface area (Å²) < 4.78 is 11.4. The standard InChI is InChI=1S/C24H36NO2P/c1-6-12-19-14-11-15-21(23(19)27-18-26-5)24(7-2,8-3)28-22-16-10-9-13-20(22)17-25-4/h9-11,13-16,25,28H,6-8,12,17-18H2,1-5H3. The second-order valence-electron chi connectivity index (χ2n) is 7.20. The first-order chi connectivity index (χ1) is 13.7. The Bertz CT molecular complexity index is 728. The fourth-order valence-corrected chi connectivity index (χ4v) is 5.55. The minimum absolute atomic E-state index is 0.0661. The topological polar surface area (TPSA) is 30.5 Å². The monoisotopic (exact) mass is 401 g/mol. The fourth-order valence-electron chi connectivity index (χ4n) is 3.84. The molecular weight excluding hydrogens is 365 g/mol. The van der Waals surface area contributed by atoms with E-state index in [2.05, 4.69) is 68.6 Å². The molecule has 0 radical (unpaired) electrons. The van der Waals surface area contributed by atoms with Crippen LogP contribution in [0.4, 0.5) is 0 Å². The van der Waals surface area contributed by atoms with E-state index in [0.29, 0.717) is 8.58 Å². The predicted octanol–water partition coefficient (Wildman–Crippen LogP) is 5.36. The Kier molecular flexibility index (Phi) is 9.44. The van der Waals surface area contributed by atoms with Crippen LogP contribution in [0.2, 0.25) is 0 Å². The average Bonchev–Trinajstić information content (AvgIpc) is 2.73. The predicted molar refractivity (Wildman–Crippen MR) is 122 cm³/mol. The summed E-state index contributed by atoms with van der Waals surface area (Å²) in [6.45, 7) is 8.02. The first-order valence-corrected chi connectivity index (χ1v) is 11.4. The first-order valence-electron chi connectivity index (χ1n) is 10.4. The normalized spacial score (nSPS) is 12.0. The number of benzene rings is 2. The molecule has 1 N–H and O–H groups in total. The minimum atomic E-state index is 0.0661. The number of nitrogens with one attached hydrogen (secondary N) is 1. The Morgan fingerprint density at radius 3 is 2.32 bits per heavy atom. The summed E-state index contributed by atoms with van der Waals surface area (Å²) >= 11 is 0. The molecule has 1 unspecified atom stereocenters. The third kappa shape index (κ3) is 5.35. The molecule has 0 heterocycles. The minimum Gasteiger partial charge on any atom is -0.467 e. The maximum absolute atomic E-state index is 6.17. The highest BCUT2D eigenvalue weighted by Crippen LogP contribution is 2.51. The zero-order valence-corrected chi connectivity index (χ0v) is 19.1. The van der Waals surface area contributed by atoms with Gasteiger partial charge in [0.05, 0.1) is 0 Å². The first kappa shape index (κ1) is 22.9. The number of methoxy groups -OCH3 is 1. The van der Waals surface area contributed by atoms with Gasteiger partial charge in [0.2, 0.25) is 0 Å². The molecule has 0 amide bonds. The molecule has 28 heavy (non-hydrogen) atoms. The summed E-state index contributed by atoms with van der Waals surface area (Å²) in [5.41, 5.74) is 4.01. The number of hydrogen-bond donors (Lipinski definition) is 1. The lowest BCUT2D eigenvalue weighted by molar-refractivity contribution is 0.0492. The number of rotatable bonds is 12. The number of para-hydroxylation sites is 1. The van der Waals surface area contributed by atoms with Gasteiger partial charge in [-0.2, -0.15) is 0 Å². The summed E-state index contributed by atoms with van der Waals surface area (Å²) in [5, 5.41) is 4.82. The fraction of sp³-hybridized carbons (Fsp3) is 0.500. The Labute approximate surface area is 173 Å². The molecule has 2 aromatic carbocycles. The smallest absolute Gasteiger partial charge is 0.188 e. The molecule has 1 atom stereocenters. The van der Waals surface area contributed by atoms with Gasteiger partial charge in [-0.1, -0.05) is 78.2 Å². The van der Waals surface area contributed by atoms with E-state index < -0.39 is 0 Å². The summed E-state index contributed by atoms with van der Waals surface area (Å²) in [6, 6.07) is 15.5. The van der Waals surface area contributed by atoms with Gasteiger partial charge in [-0.3, -0.25) is 0 Å². The van der Waals surface area contributed by atoms with Crippen LogP contribution in [-0.4, -0.2) is 21.0 Å². The third-order valence-corrected chi connectivity index (χ3v) is 7.63. The van der Waals surface area contributed by atoms with Crippen molar-refractivity contribution >= 4 is 13.9 Å². The van der Waals surface area contributed by atoms with Crippen molar-refractivity contribution in [3.05, 3.63) is 59.2 Å². The Hall–Kier alpha value is -1.41. The molecule has 154 valence electrons. The largest absolute Gasteiger partial charge is 0.467 e. The van der Waals surface area contributed by atoms with Gasteiger partial charge in [-0.15, -0.1) is 0 Å². The van der Waals surface area contributed by atoms with Gasteiger partial charge in [-0.05, 0) is 42.7 Å². The lowest BCUT2D eigenvalue weighted by Crippen LogP contribution is -2.25. The van der Waals surface area contributed by atoms with Crippen LogP contribution in [0.15, 0.2) is 42.5 Å². The van der Waals surface area contributed by atoms with Crippen LogP contribution in [0.25, 0.3) is 0 Å².